The Hall–Kier alpha value is -0.580. The van der Waals surface area contributed by atoms with Crippen LogP contribution in [0.2, 0.25) is 0 Å². The van der Waals surface area contributed by atoms with Gasteiger partial charge in [-0.05, 0) is 34.2 Å². The summed E-state index contributed by atoms with van der Waals surface area (Å²) in [4.78, 5) is 10.6. The van der Waals surface area contributed by atoms with E-state index in [9.17, 15) is 4.79 Å². The van der Waals surface area contributed by atoms with Gasteiger partial charge in [-0.15, -0.1) is 0 Å². The second-order valence-corrected chi connectivity index (χ2v) is 3.66. The highest BCUT2D eigenvalue weighted by atomic mass is 127. The van der Waals surface area contributed by atoms with Crippen LogP contribution < -0.4 is 5.32 Å². The first-order valence-corrected chi connectivity index (χ1v) is 4.76. The maximum Gasteiger partial charge on any atom is 0.217 e. The molecule has 0 saturated carbocycles. The summed E-state index contributed by atoms with van der Waals surface area (Å²) >= 11 is 2.26. The summed E-state index contributed by atoms with van der Waals surface area (Å²) in [5, 5.41) is 2.76. The van der Waals surface area contributed by atoms with Crippen LogP contribution in [-0.2, 0) is 11.3 Å². The summed E-state index contributed by atoms with van der Waals surface area (Å²) < 4.78 is 1.18. The Balaban J connectivity index is 2.63. The van der Waals surface area contributed by atoms with Crippen molar-refractivity contribution in [2.45, 2.75) is 13.5 Å². The normalized spacial score (nSPS) is 9.50. The van der Waals surface area contributed by atoms with Gasteiger partial charge >= 0.3 is 0 Å². The third-order valence-corrected chi connectivity index (χ3v) is 2.54. The predicted molar refractivity (Wildman–Crippen MR) is 56.7 cm³/mol. The molecule has 64 valence electrons. The first-order chi connectivity index (χ1) is 5.70. The second-order valence-electron chi connectivity index (χ2n) is 2.50. The van der Waals surface area contributed by atoms with Crippen molar-refractivity contribution >= 4 is 28.5 Å². The van der Waals surface area contributed by atoms with Crippen LogP contribution in [0.5, 0.6) is 0 Å². The van der Waals surface area contributed by atoms with E-state index in [1.165, 1.54) is 10.5 Å². The van der Waals surface area contributed by atoms with Gasteiger partial charge in [0.1, 0.15) is 0 Å². The van der Waals surface area contributed by atoms with Crippen molar-refractivity contribution in [1.82, 2.24) is 5.32 Å². The summed E-state index contributed by atoms with van der Waals surface area (Å²) in [6.45, 7) is 2.14. The summed E-state index contributed by atoms with van der Waals surface area (Å²) in [7, 11) is 0. The minimum atomic E-state index is 0.00894. The maximum atomic E-state index is 10.6. The molecule has 0 aliphatic rings. The van der Waals surface area contributed by atoms with Gasteiger partial charge in [0, 0.05) is 17.0 Å². The average Bonchev–Trinajstić information content (AvgIpc) is 2.03. The van der Waals surface area contributed by atoms with Gasteiger partial charge in [-0.25, -0.2) is 0 Å². The van der Waals surface area contributed by atoms with Crippen LogP contribution in [0.15, 0.2) is 24.3 Å². The summed E-state index contributed by atoms with van der Waals surface area (Å²) in [6, 6.07) is 7.99. The van der Waals surface area contributed by atoms with Crippen LogP contribution in [0.1, 0.15) is 12.5 Å². The molecule has 1 aromatic carbocycles. The van der Waals surface area contributed by atoms with Crippen molar-refractivity contribution in [1.29, 1.82) is 0 Å². The minimum Gasteiger partial charge on any atom is -0.352 e. The molecule has 0 aliphatic carbocycles. The molecule has 0 heterocycles. The highest BCUT2D eigenvalue weighted by molar-refractivity contribution is 14.1. The van der Waals surface area contributed by atoms with Crippen LogP contribution in [0.3, 0.4) is 0 Å². The zero-order chi connectivity index (χ0) is 8.97. The molecule has 0 bridgehead atoms. The van der Waals surface area contributed by atoms with E-state index in [-0.39, 0.29) is 5.91 Å². The molecule has 2 nitrogen and oxygen atoms in total. The lowest BCUT2D eigenvalue weighted by molar-refractivity contribution is -0.119. The maximum absolute atomic E-state index is 10.6. The number of halogens is 1. The fourth-order valence-corrected chi connectivity index (χ4v) is 1.44. The van der Waals surface area contributed by atoms with Crippen LogP contribution in [-0.4, -0.2) is 5.91 Å². The Bertz CT molecular complexity index is 286. The largest absolute Gasteiger partial charge is 0.352 e. The zero-order valence-corrected chi connectivity index (χ0v) is 8.96. The Labute approximate surface area is 85.5 Å². The lowest BCUT2D eigenvalue weighted by Gasteiger charge is -2.03. The molecule has 0 unspecified atom stereocenters. The van der Waals surface area contributed by atoms with Crippen LogP contribution in [0.25, 0.3) is 0 Å². The Morgan fingerprint density at radius 3 is 2.75 bits per heavy atom. The van der Waals surface area contributed by atoms with Crippen molar-refractivity contribution in [3.8, 4) is 0 Å². The zero-order valence-electron chi connectivity index (χ0n) is 6.80. The Kier molecular flexibility index (Phi) is 3.52. The van der Waals surface area contributed by atoms with Crippen LogP contribution in [0.4, 0.5) is 0 Å². The van der Waals surface area contributed by atoms with Gasteiger partial charge < -0.3 is 5.32 Å². The third kappa shape index (κ3) is 2.81. The van der Waals surface area contributed by atoms with Gasteiger partial charge in [-0.3, -0.25) is 4.79 Å². The van der Waals surface area contributed by atoms with Crippen LogP contribution >= 0.6 is 22.6 Å². The lowest BCUT2D eigenvalue weighted by Crippen LogP contribution is -2.19. The number of amides is 1. The molecule has 0 saturated heterocycles. The second kappa shape index (κ2) is 4.45. The van der Waals surface area contributed by atoms with E-state index in [1.807, 2.05) is 24.3 Å². The van der Waals surface area contributed by atoms with Gasteiger partial charge in [0.05, 0.1) is 0 Å². The van der Waals surface area contributed by atoms with Crippen molar-refractivity contribution in [3.05, 3.63) is 33.4 Å². The van der Waals surface area contributed by atoms with Gasteiger partial charge in [0.25, 0.3) is 0 Å². The quantitative estimate of drug-likeness (QED) is 0.821. The number of hydrogen-bond donors (Lipinski definition) is 1. The van der Waals surface area contributed by atoms with E-state index in [1.54, 1.807) is 0 Å². The van der Waals surface area contributed by atoms with Crippen molar-refractivity contribution in [2.75, 3.05) is 0 Å². The van der Waals surface area contributed by atoms with Gasteiger partial charge in [-0.1, -0.05) is 18.2 Å². The summed E-state index contributed by atoms with van der Waals surface area (Å²) in [5.41, 5.74) is 1.16. The average molecular weight is 275 g/mol. The fraction of sp³-hybridized carbons (Fsp3) is 0.222. The molecule has 1 aromatic rings. The fourth-order valence-electron chi connectivity index (χ4n) is 0.861. The number of carbonyl (C=O) groups excluding carboxylic acids is 1. The number of benzene rings is 1. The molecule has 0 atom stereocenters. The first kappa shape index (κ1) is 9.51. The molecule has 0 radical (unpaired) electrons. The summed E-state index contributed by atoms with van der Waals surface area (Å²) in [6.07, 6.45) is 0. The molecular weight excluding hydrogens is 265 g/mol. The van der Waals surface area contributed by atoms with Gasteiger partial charge in [0.15, 0.2) is 0 Å². The Morgan fingerprint density at radius 2 is 2.17 bits per heavy atom. The van der Waals surface area contributed by atoms with E-state index in [4.69, 9.17) is 0 Å². The molecule has 0 aromatic heterocycles. The van der Waals surface area contributed by atoms with E-state index >= 15 is 0 Å². The number of hydrogen-bond acceptors (Lipinski definition) is 1. The Morgan fingerprint density at radius 1 is 1.50 bits per heavy atom. The highest BCUT2D eigenvalue weighted by Crippen LogP contribution is 2.10. The summed E-state index contributed by atoms with van der Waals surface area (Å²) in [5.74, 6) is 0.00894. The standard InChI is InChI=1S/C9H10INO/c1-7(12)11-6-8-4-2-3-5-9(8)10/h2-5H,6H2,1H3,(H,11,12). The SMILES string of the molecule is CC(=O)NCc1ccccc1I. The number of carbonyl (C=O) groups is 1. The predicted octanol–water partition coefficient (Wildman–Crippen LogP) is 1.93. The van der Waals surface area contributed by atoms with E-state index in [2.05, 4.69) is 27.9 Å². The van der Waals surface area contributed by atoms with E-state index in [0.29, 0.717) is 6.54 Å². The lowest BCUT2D eigenvalue weighted by atomic mass is 10.2. The number of nitrogens with one attached hydrogen (secondary N) is 1. The highest BCUT2D eigenvalue weighted by Gasteiger charge is 1.97. The smallest absolute Gasteiger partial charge is 0.217 e. The van der Waals surface area contributed by atoms with E-state index < -0.39 is 0 Å². The van der Waals surface area contributed by atoms with E-state index in [0.717, 1.165) is 5.56 Å². The first-order valence-electron chi connectivity index (χ1n) is 3.68. The molecule has 1 rings (SSSR count). The van der Waals surface area contributed by atoms with Gasteiger partial charge in [0.2, 0.25) is 5.91 Å². The molecular formula is C9H10INO. The molecule has 12 heavy (non-hydrogen) atoms. The molecule has 3 heteroatoms. The molecule has 0 aliphatic heterocycles. The topological polar surface area (TPSA) is 29.1 Å². The number of rotatable bonds is 2. The molecule has 1 amide bonds. The third-order valence-electron chi connectivity index (χ3n) is 1.49. The van der Waals surface area contributed by atoms with Crippen molar-refractivity contribution < 1.29 is 4.79 Å². The molecule has 0 fully saturated rings. The van der Waals surface area contributed by atoms with Crippen LogP contribution in [0, 0.1) is 3.57 Å². The molecule has 1 N–H and O–H groups in total. The van der Waals surface area contributed by atoms with Crippen molar-refractivity contribution in [2.24, 2.45) is 0 Å². The minimum absolute atomic E-state index is 0.00894. The van der Waals surface area contributed by atoms with Crippen molar-refractivity contribution in [3.63, 3.8) is 0 Å². The van der Waals surface area contributed by atoms with Gasteiger partial charge in [-0.2, -0.15) is 0 Å². The molecule has 0 spiro atoms. The monoisotopic (exact) mass is 275 g/mol.